The van der Waals surface area contributed by atoms with Crippen molar-refractivity contribution in [2.75, 3.05) is 36.5 Å². The Balaban J connectivity index is 2.03. The topological polar surface area (TPSA) is 32.5 Å². The molecule has 1 aliphatic rings. The maximum Gasteiger partial charge on any atom is 0.0680 e. The highest BCUT2D eigenvalue weighted by Crippen LogP contribution is 2.38. The molecule has 0 saturated carbocycles. The van der Waals surface area contributed by atoms with Crippen molar-refractivity contribution in [3.8, 4) is 0 Å². The van der Waals surface area contributed by atoms with E-state index in [4.69, 9.17) is 17.3 Å². The summed E-state index contributed by atoms with van der Waals surface area (Å²) in [5.41, 5.74) is 9.65. The Bertz CT molecular complexity index is 629. The van der Waals surface area contributed by atoms with Gasteiger partial charge >= 0.3 is 0 Å². The van der Waals surface area contributed by atoms with Crippen LogP contribution in [0.1, 0.15) is 11.6 Å². The van der Waals surface area contributed by atoms with Crippen LogP contribution in [0.5, 0.6) is 0 Å². The summed E-state index contributed by atoms with van der Waals surface area (Å²) >= 11 is 6.38. The fraction of sp³-hybridized carbons (Fsp3) is 0.294. The van der Waals surface area contributed by atoms with Crippen molar-refractivity contribution in [3.63, 3.8) is 0 Å². The number of halogens is 1. The second-order valence-corrected chi connectivity index (χ2v) is 5.78. The zero-order valence-electron chi connectivity index (χ0n) is 12.2. The van der Waals surface area contributed by atoms with Crippen LogP contribution in [0, 0.1) is 0 Å². The molecule has 0 fully saturated rings. The molecule has 0 bridgehead atoms. The van der Waals surface area contributed by atoms with E-state index in [0.717, 1.165) is 23.7 Å². The number of para-hydroxylation sites is 2. The largest absolute Gasteiger partial charge is 0.371 e. The van der Waals surface area contributed by atoms with Gasteiger partial charge in [-0.25, -0.2) is 0 Å². The number of rotatable bonds is 3. The smallest absolute Gasteiger partial charge is 0.0680 e. The molecular formula is C17H20ClN3. The van der Waals surface area contributed by atoms with Gasteiger partial charge in [0.1, 0.15) is 0 Å². The molecule has 21 heavy (non-hydrogen) atoms. The SMILES string of the molecule is CN1CCN(C(CN)c2ccccc2Cl)c2ccccc21. The van der Waals surface area contributed by atoms with Gasteiger partial charge in [-0.2, -0.15) is 0 Å². The summed E-state index contributed by atoms with van der Waals surface area (Å²) in [6.45, 7) is 2.47. The fourth-order valence-electron chi connectivity index (χ4n) is 3.02. The average Bonchev–Trinajstić information content (AvgIpc) is 2.52. The first-order chi connectivity index (χ1) is 10.2. The lowest BCUT2D eigenvalue weighted by molar-refractivity contribution is 0.610. The Morgan fingerprint density at radius 3 is 2.43 bits per heavy atom. The summed E-state index contributed by atoms with van der Waals surface area (Å²) in [5.74, 6) is 0. The van der Waals surface area contributed by atoms with Crippen LogP contribution in [0.2, 0.25) is 5.02 Å². The Kier molecular flexibility index (Phi) is 4.04. The molecule has 1 unspecified atom stereocenters. The van der Waals surface area contributed by atoms with Gasteiger partial charge in [-0.05, 0) is 23.8 Å². The zero-order chi connectivity index (χ0) is 14.8. The van der Waals surface area contributed by atoms with E-state index < -0.39 is 0 Å². The molecule has 2 aromatic rings. The standard InChI is InChI=1S/C17H20ClN3/c1-20-10-11-21(16-9-5-4-8-15(16)20)17(12-19)13-6-2-3-7-14(13)18/h2-9,17H,10-12,19H2,1H3. The highest BCUT2D eigenvalue weighted by molar-refractivity contribution is 6.31. The minimum atomic E-state index is 0.105. The first-order valence-corrected chi connectivity index (χ1v) is 7.61. The number of benzene rings is 2. The molecule has 1 aliphatic heterocycles. The maximum absolute atomic E-state index is 6.38. The molecule has 1 heterocycles. The summed E-state index contributed by atoms with van der Waals surface area (Å²) in [6.07, 6.45) is 0. The molecule has 0 aliphatic carbocycles. The van der Waals surface area contributed by atoms with Gasteiger partial charge in [0, 0.05) is 31.7 Å². The van der Waals surface area contributed by atoms with E-state index >= 15 is 0 Å². The van der Waals surface area contributed by atoms with Crippen LogP contribution in [-0.4, -0.2) is 26.7 Å². The Morgan fingerprint density at radius 2 is 1.71 bits per heavy atom. The highest BCUT2D eigenvalue weighted by Gasteiger charge is 2.27. The first kappa shape index (κ1) is 14.2. The molecule has 2 N–H and O–H groups in total. The third kappa shape index (κ3) is 2.59. The Hall–Kier alpha value is -1.71. The minimum absolute atomic E-state index is 0.105. The summed E-state index contributed by atoms with van der Waals surface area (Å²) in [5, 5.41) is 0.782. The van der Waals surface area contributed by atoms with Crippen LogP contribution in [0.3, 0.4) is 0 Å². The number of anilines is 2. The van der Waals surface area contributed by atoms with E-state index in [1.165, 1.54) is 11.4 Å². The van der Waals surface area contributed by atoms with Gasteiger partial charge in [-0.3, -0.25) is 0 Å². The van der Waals surface area contributed by atoms with Crippen LogP contribution >= 0.6 is 11.6 Å². The lowest BCUT2D eigenvalue weighted by Crippen LogP contribution is -2.43. The van der Waals surface area contributed by atoms with Crippen LogP contribution in [0.4, 0.5) is 11.4 Å². The lowest BCUT2D eigenvalue weighted by Gasteiger charge is -2.41. The third-order valence-electron chi connectivity index (χ3n) is 4.14. The van der Waals surface area contributed by atoms with Crippen molar-refractivity contribution in [2.24, 2.45) is 5.73 Å². The summed E-state index contributed by atoms with van der Waals surface area (Å²) in [6, 6.07) is 16.5. The molecule has 0 saturated heterocycles. The van der Waals surface area contributed by atoms with E-state index in [-0.39, 0.29) is 6.04 Å². The van der Waals surface area contributed by atoms with Gasteiger partial charge in [0.05, 0.1) is 17.4 Å². The lowest BCUT2D eigenvalue weighted by atomic mass is 10.0. The van der Waals surface area contributed by atoms with Gasteiger partial charge < -0.3 is 15.5 Å². The van der Waals surface area contributed by atoms with Crippen LogP contribution < -0.4 is 15.5 Å². The number of nitrogens with zero attached hydrogens (tertiary/aromatic N) is 2. The second kappa shape index (κ2) is 5.96. The molecule has 0 aromatic heterocycles. The van der Waals surface area contributed by atoms with Gasteiger partial charge in [0.2, 0.25) is 0 Å². The fourth-order valence-corrected chi connectivity index (χ4v) is 3.28. The highest BCUT2D eigenvalue weighted by atomic mass is 35.5. The van der Waals surface area contributed by atoms with Crippen molar-refractivity contribution in [3.05, 3.63) is 59.1 Å². The second-order valence-electron chi connectivity index (χ2n) is 5.38. The van der Waals surface area contributed by atoms with E-state index in [0.29, 0.717) is 6.54 Å². The van der Waals surface area contributed by atoms with E-state index in [1.54, 1.807) is 0 Å². The maximum atomic E-state index is 6.38. The number of likely N-dealkylation sites (N-methyl/N-ethyl adjacent to an activating group) is 1. The molecular weight excluding hydrogens is 282 g/mol. The molecule has 4 heteroatoms. The summed E-state index contributed by atoms with van der Waals surface area (Å²) in [4.78, 5) is 4.66. The van der Waals surface area contributed by atoms with Crippen molar-refractivity contribution in [2.45, 2.75) is 6.04 Å². The van der Waals surface area contributed by atoms with E-state index in [1.807, 2.05) is 18.2 Å². The number of nitrogens with two attached hydrogens (primary N) is 1. The average molecular weight is 302 g/mol. The molecule has 1 atom stereocenters. The van der Waals surface area contributed by atoms with Crippen molar-refractivity contribution in [1.29, 1.82) is 0 Å². The summed E-state index contributed by atoms with van der Waals surface area (Å²) in [7, 11) is 2.13. The quantitative estimate of drug-likeness (QED) is 0.944. The molecule has 3 rings (SSSR count). The number of hydrogen-bond donors (Lipinski definition) is 1. The molecule has 0 amide bonds. The van der Waals surface area contributed by atoms with Crippen LogP contribution in [0.25, 0.3) is 0 Å². The predicted molar refractivity (Wildman–Crippen MR) is 90.3 cm³/mol. The zero-order valence-corrected chi connectivity index (χ0v) is 12.9. The van der Waals surface area contributed by atoms with Gasteiger partial charge in [-0.1, -0.05) is 41.9 Å². The molecule has 110 valence electrons. The molecule has 3 nitrogen and oxygen atoms in total. The number of fused-ring (bicyclic) bond motifs is 1. The van der Waals surface area contributed by atoms with Crippen LogP contribution in [0.15, 0.2) is 48.5 Å². The van der Waals surface area contributed by atoms with Gasteiger partial charge in [0.25, 0.3) is 0 Å². The normalized spacial score (nSPS) is 15.8. The number of hydrogen-bond acceptors (Lipinski definition) is 3. The molecule has 2 aromatic carbocycles. The van der Waals surface area contributed by atoms with Crippen molar-refractivity contribution < 1.29 is 0 Å². The monoisotopic (exact) mass is 301 g/mol. The third-order valence-corrected chi connectivity index (χ3v) is 4.49. The Morgan fingerprint density at radius 1 is 1.05 bits per heavy atom. The molecule has 0 spiro atoms. The summed E-state index contributed by atoms with van der Waals surface area (Å²) < 4.78 is 0. The minimum Gasteiger partial charge on any atom is -0.371 e. The Labute approximate surface area is 130 Å². The predicted octanol–water partition coefficient (Wildman–Crippen LogP) is 3.30. The van der Waals surface area contributed by atoms with E-state index in [9.17, 15) is 0 Å². The van der Waals surface area contributed by atoms with E-state index in [2.05, 4.69) is 47.2 Å². The van der Waals surface area contributed by atoms with Crippen LogP contribution in [-0.2, 0) is 0 Å². The molecule has 0 radical (unpaired) electrons. The first-order valence-electron chi connectivity index (χ1n) is 7.23. The van der Waals surface area contributed by atoms with Gasteiger partial charge in [0.15, 0.2) is 0 Å². The van der Waals surface area contributed by atoms with Gasteiger partial charge in [-0.15, -0.1) is 0 Å². The van der Waals surface area contributed by atoms with Crippen molar-refractivity contribution in [1.82, 2.24) is 0 Å². The van der Waals surface area contributed by atoms with Crippen molar-refractivity contribution >= 4 is 23.0 Å².